The first-order valence-electron chi connectivity index (χ1n) is 9.21. The molecule has 142 valence electrons. The lowest BCUT2D eigenvalue weighted by Crippen LogP contribution is -2.44. The van der Waals surface area contributed by atoms with Crippen LogP contribution in [-0.2, 0) is 9.53 Å². The molecule has 9 heteroatoms. The van der Waals surface area contributed by atoms with E-state index < -0.39 is 6.43 Å². The molecule has 2 aromatic rings. The Balaban J connectivity index is 1.39. The van der Waals surface area contributed by atoms with Gasteiger partial charge < -0.3 is 9.64 Å². The molecule has 5 rings (SSSR count). The Morgan fingerprint density at radius 3 is 2.96 bits per heavy atom. The summed E-state index contributed by atoms with van der Waals surface area (Å²) in [7, 11) is 0. The number of hydrogen-bond donors (Lipinski definition) is 0. The van der Waals surface area contributed by atoms with E-state index in [9.17, 15) is 13.6 Å². The van der Waals surface area contributed by atoms with Crippen molar-refractivity contribution in [2.75, 3.05) is 13.1 Å². The molecule has 0 unspecified atom stereocenters. The lowest BCUT2D eigenvalue weighted by atomic mass is 9.89. The summed E-state index contributed by atoms with van der Waals surface area (Å²) in [4.78, 5) is 23.2. The number of piperidine rings is 1. The zero-order valence-corrected chi connectivity index (χ0v) is 14.5. The molecule has 2 saturated heterocycles. The van der Waals surface area contributed by atoms with Gasteiger partial charge in [-0.25, -0.2) is 13.8 Å². The first kappa shape index (κ1) is 16.7. The van der Waals surface area contributed by atoms with Crippen LogP contribution in [0.1, 0.15) is 43.0 Å². The second-order valence-corrected chi connectivity index (χ2v) is 7.37. The van der Waals surface area contributed by atoms with Gasteiger partial charge in [0, 0.05) is 19.0 Å². The van der Waals surface area contributed by atoms with E-state index >= 15 is 0 Å². The molecule has 1 amide bonds. The number of halogens is 2. The fraction of sp³-hybridized carbons (Fsp3) is 0.556. The molecule has 0 radical (unpaired) electrons. The number of amides is 1. The summed E-state index contributed by atoms with van der Waals surface area (Å²) in [5, 5.41) is 3.82. The van der Waals surface area contributed by atoms with Gasteiger partial charge in [0.2, 0.25) is 5.91 Å². The number of likely N-dealkylation sites (tertiary alicyclic amines) is 1. The van der Waals surface area contributed by atoms with Gasteiger partial charge in [-0.2, -0.15) is 14.6 Å². The molecular formula is C18H19F2N5O2. The van der Waals surface area contributed by atoms with E-state index in [4.69, 9.17) is 4.74 Å². The molecule has 2 fully saturated rings. The Bertz CT molecular complexity index is 914. The highest BCUT2D eigenvalue weighted by atomic mass is 19.3. The second kappa shape index (κ2) is 6.33. The summed E-state index contributed by atoms with van der Waals surface area (Å²) < 4.78 is 33.6. The van der Waals surface area contributed by atoms with E-state index in [-0.39, 0.29) is 41.4 Å². The van der Waals surface area contributed by atoms with Crippen LogP contribution in [0.3, 0.4) is 0 Å². The predicted octanol–water partition coefficient (Wildman–Crippen LogP) is 2.11. The smallest absolute Gasteiger partial charge is 0.280 e. The van der Waals surface area contributed by atoms with Crippen LogP contribution in [0.25, 0.3) is 5.78 Å². The number of hydrogen-bond acceptors (Lipinski definition) is 5. The number of carbonyl (C=O) groups is 1. The van der Waals surface area contributed by atoms with Crippen LogP contribution in [-0.4, -0.2) is 55.7 Å². The average Bonchev–Trinajstić information content (AvgIpc) is 3.42. The van der Waals surface area contributed by atoms with Crippen LogP contribution in [0.15, 0.2) is 24.5 Å². The molecular weight excluding hydrogens is 356 g/mol. The summed E-state index contributed by atoms with van der Waals surface area (Å²) in [5.74, 6) is 0.0336. The fourth-order valence-corrected chi connectivity index (χ4v) is 4.39. The van der Waals surface area contributed by atoms with E-state index in [1.54, 1.807) is 0 Å². The van der Waals surface area contributed by atoms with E-state index in [1.807, 2.05) is 17.1 Å². The van der Waals surface area contributed by atoms with Crippen LogP contribution < -0.4 is 0 Å². The van der Waals surface area contributed by atoms with Crippen molar-refractivity contribution in [3.8, 4) is 0 Å². The van der Waals surface area contributed by atoms with Gasteiger partial charge >= 0.3 is 0 Å². The first-order valence-corrected chi connectivity index (χ1v) is 9.21. The molecule has 3 aliphatic rings. The van der Waals surface area contributed by atoms with Gasteiger partial charge in [-0.05, 0) is 25.3 Å². The maximum absolute atomic E-state index is 13.4. The molecule has 2 aromatic heterocycles. The molecule has 2 bridgehead atoms. The van der Waals surface area contributed by atoms with E-state index in [0.717, 1.165) is 23.8 Å². The molecule has 27 heavy (non-hydrogen) atoms. The van der Waals surface area contributed by atoms with Crippen molar-refractivity contribution in [3.05, 3.63) is 35.9 Å². The van der Waals surface area contributed by atoms with Crippen molar-refractivity contribution < 1.29 is 18.3 Å². The van der Waals surface area contributed by atoms with Crippen molar-refractivity contribution >= 4 is 11.7 Å². The normalized spacial score (nSPS) is 30.0. The van der Waals surface area contributed by atoms with Crippen LogP contribution in [0.4, 0.5) is 8.78 Å². The van der Waals surface area contributed by atoms with Crippen molar-refractivity contribution in [1.29, 1.82) is 0 Å². The summed E-state index contributed by atoms with van der Waals surface area (Å²) in [6.07, 6.45) is 4.79. The molecule has 7 nitrogen and oxygen atoms in total. The minimum atomic E-state index is -2.67. The summed E-state index contributed by atoms with van der Waals surface area (Å²) >= 11 is 0. The SMILES string of the molecule is O=C([C@@H]1C[C@H]2C=C[C@H]1O2)N1CCC[C@H](c2cc(C(F)F)n3ncnc3n2)C1. The molecule has 3 aliphatic heterocycles. The summed E-state index contributed by atoms with van der Waals surface area (Å²) in [6, 6.07) is 1.40. The lowest BCUT2D eigenvalue weighted by molar-refractivity contribution is -0.137. The quantitative estimate of drug-likeness (QED) is 0.769. The number of carbonyl (C=O) groups excluding carboxylic acids is 1. The number of fused-ring (bicyclic) bond motifs is 3. The standard InChI is InChI=1S/C18H19F2N5O2/c19-16(20)14-7-13(23-18-21-9-22-25(14)18)10-2-1-5-24(8-10)17(26)12-6-11-3-4-15(12)27-11/h3-4,7,9-12,15-16H,1-2,5-6,8H2/t10-,11+,12+,15+/m0/s1. The van der Waals surface area contributed by atoms with Gasteiger partial charge in [-0.15, -0.1) is 0 Å². The number of alkyl halides is 2. The number of aromatic nitrogens is 4. The van der Waals surface area contributed by atoms with Crippen LogP contribution in [0.2, 0.25) is 0 Å². The van der Waals surface area contributed by atoms with Gasteiger partial charge in [-0.1, -0.05) is 12.2 Å². The van der Waals surface area contributed by atoms with E-state index in [1.165, 1.54) is 12.4 Å². The Morgan fingerprint density at radius 1 is 1.33 bits per heavy atom. The maximum atomic E-state index is 13.4. The number of ether oxygens (including phenoxy) is 1. The van der Waals surface area contributed by atoms with Crippen LogP contribution in [0.5, 0.6) is 0 Å². The third-order valence-corrected chi connectivity index (χ3v) is 5.72. The monoisotopic (exact) mass is 375 g/mol. The van der Waals surface area contributed by atoms with E-state index in [0.29, 0.717) is 18.8 Å². The largest absolute Gasteiger partial charge is 0.366 e. The molecule has 0 saturated carbocycles. The molecule has 0 N–H and O–H groups in total. The number of rotatable bonds is 3. The summed E-state index contributed by atoms with van der Waals surface area (Å²) in [5.41, 5.74) is 0.329. The van der Waals surface area contributed by atoms with Gasteiger partial charge in [0.25, 0.3) is 12.2 Å². The minimum absolute atomic E-state index is 0.0511. The van der Waals surface area contributed by atoms with Crippen LogP contribution in [0, 0.1) is 5.92 Å². The molecule has 0 spiro atoms. The Morgan fingerprint density at radius 2 is 2.22 bits per heavy atom. The van der Waals surface area contributed by atoms with Gasteiger partial charge in [0.15, 0.2) is 0 Å². The average molecular weight is 375 g/mol. The van der Waals surface area contributed by atoms with Gasteiger partial charge in [0.05, 0.1) is 23.8 Å². The highest BCUT2D eigenvalue weighted by Gasteiger charge is 2.43. The molecule has 0 aliphatic carbocycles. The predicted molar refractivity (Wildman–Crippen MR) is 90.2 cm³/mol. The topological polar surface area (TPSA) is 72.6 Å². The molecule has 0 aromatic carbocycles. The Labute approximate surface area is 154 Å². The van der Waals surface area contributed by atoms with Crippen molar-refractivity contribution in [3.63, 3.8) is 0 Å². The molecule has 4 atom stereocenters. The van der Waals surface area contributed by atoms with E-state index in [2.05, 4.69) is 15.1 Å². The first-order chi connectivity index (χ1) is 13.1. The van der Waals surface area contributed by atoms with Crippen molar-refractivity contribution in [2.45, 2.75) is 43.8 Å². The van der Waals surface area contributed by atoms with Gasteiger partial charge in [-0.3, -0.25) is 4.79 Å². The van der Waals surface area contributed by atoms with Gasteiger partial charge in [0.1, 0.15) is 12.0 Å². The summed E-state index contributed by atoms with van der Waals surface area (Å²) in [6.45, 7) is 1.16. The third-order valence-electron chi connectivity index (χ3n) is 5.72. The van der Waals surface area contributed by atoms with Crippen LogP contribution >= 0.6 is 0 Å². The minimum Gasteiger partial charge on any atom is -0.366 e. The van der Waals surface area contributed by atoms with Crippen molar-refractivity contribution in [2.24, 2.45) is 5.92 Å². The Kier molecular flexibility index (Phi) is 3.92. The highest BCUT2D eigenvalue weighted by Crippen LogP contribution is 2.36. The highest BCUT2D eigenvalue weighted by molar-refractivity contribution is 5.80. The molecule has 5 heterocycles. The zero-order chi connectivity index (χ0) is 18.5. The fourth-order valence-electron chi connectivity index (χ4n) is 4.39. The third kappa shape index (κ3) is 2.80. The second-order valence-electron chi connectivity index (χ2n) is 7.37. The lowest BCUT2D eigenvalue weighted by Gasteiger charge is -2.35. The Hall–Kier alpha value is -2.42. The van der Waals surface area contributed by atoms with Crippen molar-refractivity contribution in [1.82, 2.24) is 24.5 Å². The maximum Gasteiger partial charge on any atom is 0.280 e. The zero-order valence-electron chi connectivity index (χ0n) is 14.5. The number of nitrogens with zero attached hydrogens (tertiary/aromatic N) is 5.